The van der Waals surface area contributed by atoms with Crippen molar-refractivity contribution in [2.45, 2.75) is 26.2 Å². The van der Waals surface area contributed by atoms with E-state index in [-0.39, 0.29) is 0 Å². The minimum absolute atomic E-state index is 0.702. The van der Waals surface area contributed by atoms with Gasteiger partial charge in [-0.1, -0.05) is 79.4 Å². The van der Waals surface area contributed by atoms with Crippen molar-refractivity contribution in [3.05, 3.63) is 71.8 Å². The molecule has 0 bridgehead atoms. The molecule has 0 saturated carbocycles. The van der Waals surface area contributed by atoms with Crippen LogP contribution in [0, 0.1) is 0 Å². The molecule has 0 amide bonds. The van der Waals surface area contributed by atoms with Crippen LogP contribution >= 0.6 is 6.04 Å². The summed E-state index contributed by atoms with van der Waals surface area (Å²) in [5.74, 6) is 1.60. The maximum atomic E-state index is 12.1. The van der Waals surface area contributed by atoms with Gasteiger partial charge in [-0.15, -0.1) is 0 Å². The third-order valence-electron chi connectivity index (χ3n) is 4.46. The summed E-state index contributed by atoms with van der Waals surface area (Å²) in [5, 5.41) is 0. The maximum Gasteiger partial charge on any atom is 0.0281 e. The highest BCUT2D eigenvalue weighted by Crippen LogP contribution is 2.47. The van der Waals surface area contributed by atoms with Crippen LogP contribution in [0.2, 0.25) is 0 Å². The van der Waals surface area contributed by atoms with Gasteiger partial charge in [0.05, 0.1) is 0 Å². The van der Waals surface area contributed by atoms with Gasteiger partial charge in [0.15, 0.2) is 0 Å². The molecule has 1 nitrogen and oxygen atoms in total. The number of hydrogen-bond acceptors (Lipinski definition) is 2. The van der Waals surface area contributed by atoms with E-state index in [1.165, 1.54) is 11.1 Å². The van der Waals surface area contributed by atoms with Crippen molar-refractivity contribution in [1.82, 2.24) is 0 Å². The monoisotopic (exact) mass is 392 g/mol. The Labute approximate surface area is 160 Å². The first-order valence-corrected chi connectivity index (χ1v) is 14.0. The lowest BCUT2D eigenvalue weighted by atomic mass is 10.2. The summed E-state index contributed by atoms with van der Waals surface area (Å²) in [4.78, 5) is 0. The average Bonchev–Trinajstić information content (AvgIpc) is 2.65. The normalized spacial score (nSPS) is 12.8. The predicted molar refractivity (Wildman–Crippen MR) is 117 cm³/mol. The molecule has 25 heavy (non-hydrogen) atoms. The van der Waals surface area contributed by atoms with E-state index in [0.717, 1.165) is 49.3 Å². The zero-order valence-corrected chi connectivity index (χ0v) is 17.6. The van der Waals surface area contributed by atoms with E-state index in [1.807, 2.05) is 0 Å². The van der Waals surface area contributed by atoms with Crippen LogP contribution in [-0.2, 0) is 35.4 Å². The van der Waals surface area contributed by atoms with Gasteiger partial charge in [0, 0.05) is 22.3 Å². The van der Waals surface area contributed by atoms with Gasteiger partial charge in [0.1, 0.15) is 0 Å². The second kappa shape index (κ2) is 11.1. The fraction of sp³-hybridized carbons (Fsp3) is 0.429. The van der Waals surface area contributed by atoms with E-state index < -0.39 is 16.8 Å². The van der Waals surface area contributed by atoms with E-state index in [4.69, 9.17) is 11.8 Å². The van der Waals surface area contributed by atoms with Crippen molar-refractivity contribution >= 4 is 28.6 Å². The fourth-order valence-corrected chi connectivity index (χ4v) is 8.91. The number of hydrogen-bond donors (Lipinski definition) is 0. The maximum absolute atomic E-state index is 12.1. The van der Waals surface area contributed by atoms with Crippen LogP contribution in [-0.4, -0.2) is 34.2 Å². The Balaban J connectivity index is 1.98. The second-order valence-electron chi connectivity index (χ2n) is 6.55. The van der Waals surface area contributed by atoms with Crippen LogP contribution in [0.25, 0.3) is 0 Å². The van der Waals surface area contributed by atoms with Crippen LogP contribution < -0.4 is 0 Å². The lowest BCUT2D eigenvalue weighted by Crippen LogP contribution is -2.12. The average molecular weight is 393 g/mol. The Morgan fingerprint density at radius 3 is 1.72 bits per heavy atom. The van der Waals surface area contributed by atoms with Crippen molar-refractivity contribution in [2.24, 2.45) is 0 Å². The summed E-state index contributed by atoms with van der Waals surface area (Å²) >= 11 is 6.18. The molecule has 2 rings (SSSR count). The summed E-state index contributed by atoms with van der Waals surface area (Å²) in [7, 11) is -0.702. The van der Waals surface area contributed by atoms with Gasteiger partial charge in [0.2, 0.25) is 0 Å². The Morgan fingerprint density at radius 2 is 1.28 bits per heavy atom. The minimum atomic E-state index is -1.49. The summed E-state index contributed by atoms with van der Waals surface area (Å²) in [6.45, 7) is 2.10. The van der Waals surface area contributed by atoms with Crippen molar-refractivity contribution in [2.75, 3.05) is 30.0 Å². The quantitative estimate of drug-likeness (QED) is 0.494. The number of aryl methyl sites for hydroxylation is 2. The summed E-state index contributed by atoms with van der Waals surface area (Å²) in [6.07, 6.45) is 6.24. The second-order valence-corrected chi connectivity index (χ2v) is 14.0. The van der Waals surface area contributed by atoms with Crippen molar-refractivity contribution in [1.29, 1.82) is 0 Å². The number of benzene rings is 2. The molecule has 0 aliphatic rings. The van der Waals surface area contributed by atoms with Gasteiger partial charge in [-0.05, 0) is 54.9 Å². The van der Waals surface area contributed by atoms with Gasteiger partial charge in [-0.25, -0.2) is 0 Å². The fourth-order valence-electron chi connectivity index (χ4n) is 2.89. The van der Waals surface area contributed by atoms with E-state index in [0.29, 0.717) is 0 Å². The molecule has 2 aromatic carbocycles. The molecular weight excluding hydrogens is 363 g/mol. The molecule has 0 aromatic heterocycles. The summed E-state index contributed by atoms with van der Waals surface area (Å²) in [5.41, 5.74) is 2.73. The highest BCUT2D eigenvalue weighted by atomic mass is 32.4. The molecule has 1 unspecified atom stereocenters. The predicted octanol–water partition coefficient (Wildman–Crippen LogP) is 5.11. The molecule has 0 aliphatic heterocycles. The lowest BCUT2D eigenvalue weighted by molar-refractivity contribution is 0.682. The molecule has 1 atom stereocenters. The third-order valence-corrected chi connectivity index (χ3v) is 11.0. The molecule has 0 N–H and O–H groups in total. The first-order chi connectivity index (χ1) is 12.1. The molecule has 0 heterocycles. The van der Waals surface area contributed by atoms with E-state index >= 15 is 0 Å². The summed E-state index contributed by atoms with van der Waals surface area (Å²) < 4.78 is 12.1. The molecule has 4 heteroatoms. The highest BCUT2D eigenvalue weighted by molar-refractivity contribution is 8.14. The van der Waals surface area contributed by atoms with Crippen molar-refractivity contribution in [3.63, 3.8) is 0 Å². The first kappa shape index (κ1) is 20.6. The van der Waals surface area contributed by atoms with Crippen molar-refractivity contribution in [3.8, 4) is 0 Å². The Kier molecular flexibility index (Phi) is 9.09. The highest BCUT2D eigenvalue weighted by Gasteiger charge is 2.18. The molecule has 0 saturated heterocycles. The molecule has 0 spiro atoms. The first-order valence-electron chi connectivity index (χ1n) is 9.11. The topological polar surface area (TPSA) is 17.1 Å². The smallest absolute Gasteiger partial charge is 0.0281 e. The Hall–Kier alpha value is -0.760. The summed E-state index contributed by atoms with van der Waals surface area (Å²) in [6, 6.07) is 19.8. The van der Waals surface area contributed by atoms with Gasteiger partial charge < -0.3 is 0 Å². The largest absolute Gasteiger partial charge is 0.260 e. The van der Waals surface area contributed by atoms with E-state index in [2.05, 4.69) is 67.6 Å². The number of rotatable bonds is 11. The Bertz CT molecular complexity index is 638. The minimum Gasteiger partial charge on any atom is -0.260 e. The van der Waals surface area contributed by atoms with Crippen LogP contribution in [0.5, 0.6) is 0 Å². The van der Waals surface area contributed by atoms with Crippen molar-refractivity contribution < 1.29 is 4.21 Å². The molecule has 0 aliphatic carbocycles. The Morgan fingerprint density at radius 1 is 0.800 bits per heavy atom. The van der Waals surface area contributed by atoms with E-state index in [1.54, 1.807) is 0 Å². The third kappa shape index (κ3) is 7.98. The van der Waals surface area contributed by atoms with E-state index in [9.17, 15) is 4.21 Å². The zero-order valence-electron chi connectivity index (χ0n) is 15.1. The molecule has 2 aromatic rings. The SMILES string of the molecule is CCCS(=O)CCP(=S)(CCc1ccccc1)CCc1ccccc1. The standard InChI is InChI=1S/C21H29OPS2/c1-2-18-25(22)19-17-23(24,15-13-20-9-5-3-6-10-20)16-14-21-11-7-4-8-12-21/h3-12H,2,13-19H2,1H3. The molecular formula is C21H29OPS2. The van der Waals surface area contributed by atoms with Crippen LogP contribution in [0.4, 0.5) is 0 Å². The molecule has 136 valence electrons. The van der Waals surface area contributed by atoms with Gasteiger partial charge in [-0.2, -0.15) is 0 Å². The van der Waals surface area contributed by atoms with Gasteiger partial charge >= 0.3 is 0 Å². The molecule has 0 radical (unpaired) electrons. The van der Waals surface area contributed by atoms with Crippen LogP contribution in [0.3, 0.4) is 0 Å². The zero-order chi connectivity index (χ0) is 18.0. The van der Waals surface area contributed by atoms with Gasteiger partial charge in [0.25, 0.3) is 0 Å². The van der Waals surface area contributed by atoms with Crippen LogP contribution in [0.15, 0.2) is 60.7 Å². The van der Waals surface area contributed by atoms with Gasteiger partial charge in [-0.3, -0.25) is 4.21 Å². The molecule has 0 fully saturated rings. The lowest BCUT2D eigenvalue weighted by Gasteiger charge is -2.22. The van der Waals surface area contributed by atoms with Crippen LogP contribution in [0.1, 0.15) is 24.5 Å².